The summed E-state index contributed by atoms with van der Waals surface area (Å²) in [4.78, 5) is 15.0. The van der Waals surface area contributed by atoms with E-state index in [1.807, 2.05) is 18.2 Å². The van der Waals surface area contributed by atoms with Crippen LogP contribution in [0.25, 0.3) is 11.5 Å². The van der Waals surface area contributed by atoms with Crippen LogP contribution >= 0.6 is 0 Å². The van der Waals surface area contributed by atoms with Gasteiger partial charge in [0.2, 0.25) is 11.7 Å². The topological polar surface area (TPSA) is 72.6 Å². The highest BCUT2D eigenvalue weighted by atomic mass is 16.5. The van der Waals surface area contributed by atoms with Crippen LogP contribution in [-0.4, -0.2) is 22.7 Å². The molecule has 0 radical (unpaired) electrons. The van der Waals surface area contributed by atoms with Crippen LogP contribution in [0.3, 0.4) is 0 Å². The molecular formula is C13H11NO4. The Labute approximate surface area is 103 Å². The van der Waals surface area contributed by atoms with Crippen molar-refractivity contribution >= 4 is 5.97 Å². The zero-order valence-electron chi connectivity index (χ0n) is 9.77. The largest absolute Gasteiger partial charge is 0.493 e. The second-order valence-corrected chi connectivity index (χ2v) is 4.16. The van der Waals surface area contributed by atoms with Crippen LogP contribution in [0.1, 0.15) is 21.8 Å². The molecule has 2 aromatic rings. The molecule has 0 saturated carbocycles. The van der Waals surface area contributed by atoms with Gasteiger partial charge in [0, 0.05) is 12.0 Å². The van der Waals surface area contributed by atoms with Crippen LogP contribution in [-0.2, 0) is 6.42 Å². The quantitative estimate of drug-likeness (QED) is 0.878. The standard InChI is InChI=1S/C13H11NO4/c1-7-11(13(15)16)18-12(14-7)9-2-3-10-8(6-9)4-5-17-10/h2-3,6H,4-5H2,1H3,(H,15,16). The van der Waals surface area contributed by atoms with Gasteiger partial charge in [-0.25, -0.2) is 9.78 Å². The molecule has 1 aromatic carbocycles. The zero-order valence-corrected chi connectivity index (χ0v) is 9.77. The summed E-state index contributed by atoms with van der Waals surface area (Å²) in [5.41, 5.74) is 2.25. The summed E-state index contributed by atoms with van der Waals surface area (Å²) >= 11 is 0. The lowest BCUT2D eigenvalue weighted by atomic mass is 10.1. The average Bonchev–Trinajstić information content (AvgIpc) is 2.93. The van der Waals surface area contributed by atoms with Crippen LogP contribution in [0.5, 0.6) is 5.75 Å². The molecule has 1 aliphatic rings. The van der Waals surface area contributed by atoms with Crippen molar-refractivity contribution in [2.75, 3.05) is 6.61 Å². The molecule has 1 aliphatic heterocycles. The number of carboxylic acids is 1. The van der Waals surface area contributed by atoms with E-state index in [1.54, 1.807) is 6.92 Å². The number of ether oxygens (including phenoxy) is 1. The first-order chi connectivity index (χ1) is 8.65. The summed E-state index contributed by atoms with van der Waals surface area (Å²) in [6, 6.07) is 5.61. The van der Waals surface area contributed by atoms with E-state index < -0.39 is 5.97 Å². The minimum absolute atomic E-state index is 0.109. The first kappa shape index (κ1) is 10.8. The van der Waals surface area contributed by atoms with Crippen molar-refractivity contribution in [2.24, 2.45) is 0 Å². The minimum atomic E-state index is -1.10. The number of fused-ring (bicyclic) bond motifs is 1. The van der Waals surface area contributed by atoms with Crippen molar-refractivity contribution in [3.63, 3.8) is 0 Å². The summed E-state index contributed by atoms with van der Waals surface area (Å²) in [5.74, 6) is -0.00224. The van der Waals surface area contributed by atoms with Gasteiger partial charge in [-0.2, -0.15) is 0 Å². The monoisotopic (exact) mass is 245 g/mol. The van der Waals surface area contributed by atoms with Gasteiger partial charge in [0.05, 0.1) is 12.3 Å². The lowest BCUT2D eigenvalue weighted by molar-refractivity contribution is 0.0662. The third-order valence-electron chi connectivity index (χ3n) is 2.93. The Bertz CT molecular complexity index is 630. The number of nitrogens with zero attached hydrogens (tertiary/aromatic N) is 1. The van der Waals surface area contributed by atoms with Crippen LogP contribution in [0.4, 0.5) is 0 Å². The molecule has 18 heavy (non-hydrogen) atoms. The molecule has 92 valence electrons. The van der Waals surface area contributed by atoms with Crippen LogP contribution in [0, 0.1) is 6.92 Å². The minimum Gasteiger partial charge on any atom is -0.493 e. The molecule has 0 spiro atoms. The van der Waals surface area contributed by atoms with Crippen molar-refractivity contribution in [1.82, 2.24) is 4.98 Å². The molecule has 0 saturated heterocycles. The smallest absolute Gasteiger partial charge is 0.373 e. The van der Waals surface area contributed by atoms with Gasteiger partial charge in [-0.15, -0.1) is 0 Å². The van der Waals surface area contributed by atoms with Gasteiger partial charge in [0.15, 0.2) is 0 Å². The van der Waals surface area contributed by atoms with Gasteiger partial charge < -0.3 is 14.3 Å². The Balaban J connectivity index is 2.05. The molecule has 0 bridgehead atoms. The number of rotatable bonds is 2. The van der Waals surface area contributed by atoms with Gasteiger partial charge in [-0.05, 0) is 30.7 Å². The first-order valence-corrected chi connectivity index (χ1v) is 5.62. The molecule has 0 unspecified atom stereocenters. The van der Waals surface area contributed by atoms with Gasteiger partial charge in [0.25, 0.3) is 0 Å². The number of benzene rings is 1. The molecule has 0 aliphatic carbocycles. The molecule has 1 N–H and O–H groups in total. The van der Waals surface area contributed by atoms with E-state index in [0.717, 1.165) is 23.3 Å². The predicted octanol–water partition coefficient (Wildman–Crippen LogP) is 2.28. The summed E-state index contributed by atoms with van der Waals surface area (Å²) in [6.07, 6.45) is 0.856. The SMILES string of the molecule is Cc1nc(-c2ccc3c(c2)CCO3)oc1C(=O)O. The third-order valence-corrected chi connectivity index (χ3v) is 2.93. The van der Waals surface area contributed by atoms with Crippen molar-refractivity contribution in [1.29, 1.82) is 0 Å². The van der Waals surface area contributed by atoms with Gasteiger partial charge in [-0.1, -0.05) is 0 Å². The molecule has 1 aromatic heterocycles. The Kier molecular flexibility index (Phi) is 2.33. The van der Waals surface area contributed by atoms with E-state index in [4.69, 9.17) is 14.3 Å². The van der Waals surface area contributed by atoms with Crippen LogP contribution in [0.2, 0.25) is 0 Å². The highest BCUT2D eigenvalue weighted by Crippen LogP contribution is 2.30. The van der Waals surface area contributed by atoms with Gasteiger partial charge >= 0.3 is 5.97 Å². The number of carboxylic acid groups (broad SMARTS) is 1. The second kappa shape index (κ2) is 3.87. The lowest BCUT2D eigenvalue weighted by Gasteiger charge is -2.00. The molecule has 0 atom stereocenters. The number of oxazole rings is 1. The van der Waals surface area contributed by atoms with Crippen molar-refractivity contribution in [3.05, 3.63) is 35.2 Å². The Morgan fingerprint density at radius 3 is 3.00 bits per heavy atom. The van der Waals surface area contributed by atoms with Crippen LogP contribution in [0.15, 0.2) is 22.6 Å². The van der Waals surface area contributed by atoms with Crippen LogP contribution < -0.4 is 4.74 Å². The van der Waals surface area contributed by atoms with E-state index in [2.05, 4.69) is 4.98 Å². The molecule has 0 amide bonds. The van der Waals surface area contributed by atoms with E-state index in [-0.39, 0.29) is 5.76 Å². The molecular weight excluding hydrogens is 234 g/mol. The number of aromatic carboxylic acids is 1. The maximum absolute atomic E-state index is 10.9. The third kappa shape index (κ3) is 1.64. The molecule has 0 fully saturated rings. The number of carbonyl (C=O) groups is 1. The fraction of sp³-hybridized carbons (Fsp3) is 0.231. The predicted molar refractivity (Wildman–Crippen MR) is 62.8 cm³/mol. The van der Waals surface area contributed by atoms with E-state index >= 15 is 0 Å². The fourth-order valence-electron chi connectivity index (χ4n) is 2.04. The zero-order chi connectivity index (χ0) is 12.7. The van der Waals surface area contributed by atoms with Crippen molar-refractivity contribution in [3.8, 4) is 17.2 Å². The Morgan fingerprint density at radius 1 is 1.44 bits per heavy atom. The van der Waals surface area contributed by atoms with Gasteiger partial charge in [-0.3, -0.25) is 0 Å². The highest BCUT2D eigenvalue weighted by Gasteiger charge is 2.19. The first-order valence-electron chi connectivity index (χ1n) is 5.62. The Morgan fingerprint density at radius 2 is 2.28 bits per heavy atom. The second-order valence-electron chi connectivity index (χ2n) is 4.16. The summed E-state index contributed by atoms with van der Waals surface area (Å²) in [5, 5.41) is 8.93. The lowest BCUT2D eigenvalue weighted by Crippen LogP contribution is -1.95. The molecule has 3 rings (SSSR count). The molecule has 5 nitrogen and oxygen atoms in total. The number of aromatic nitrogens is 1. The van der Waals surface area contributed by atoms with E-state index in [1.165, 1.54) is 0 Å². The molecule has 2 heterocycles. The summed E-state index contributed by atoms with van der Waals surface area (Å²) in [6.45, 7) is 2.30. The number of hydrogen-bond acceptors (Lipinski definition) is 4. The number of aryl methyl sites for hydroxylation is 1. The van der Waals surface area contributed by atoms with E-state index in [9.17, 15) is 4.79 Å². The maximum atomic E-state index is 10.9. The molecule has 5 heteroatoms. The van der Waals surface area contributed by atoms with Gasteiger partial charge in [0.1, 0.15) is 5.75 Å². The summed E-state index contributed by atoms with van der Waals surface area (Å²) < 4.78 is 10.7. The summed E-state index contributed by atoms with van der Waals surface area (Å²) in [7, 11) is 0. The maximum Gasteiger partial charge on any atom is 0.373 e. The van der Waals surface area contributed by atoms with E-state index in [0.29, 0.717) is 18.2 Å². The number of hydrogen-bond donors (Lipinski definition) is 1. The van der Waals surface area contributed by atoms with Crippen molar-refractivity contribution < 1.29 is 19.1 Å². The van der Waals surface area contributed by atoms with Crippen molar-refractivity contribution in [2.45, 2.75) is 13.3 Å². The fourth-order valence-corrected chi connectivity index (χ4v) is 2.04. The Hall–Kier alpha value is -2.30. The normalized spacial score (nSPS) is 13.2. The average molecular weight is 245 g/mol. The highest BCUT2D eigenvalue weighted by molar-refractivity contribution is 5.86.